The average Bonchev–Trinajstić information content (AvgIpc) is 2.29. The Morgan fingerprint density at radius 2 is 1.83 bits per heavy atom. The second kappa shape index (κ2) is 5.01. The maximum Gasteiger partial charge on any atom is 0.169 e. The van der Waals surface area contributed by atoms with Crippen molar-refractivity contribution in [3.8, 4) is 0 Å². The van der Waals surface area contributed by atoms with Crippen molar-refractivity contribution in [1.29, 1.82) is 0 Å². The molecule has 0 fully saturated rings. The molecule has 1 heterocycles. The summed E-state index contributed by atoms with van der Waals surface area (Å²) in [4.78, 5) is 3.55. The Kier molecular flexibility index (Phi) is 3.60. The van der Waals surface area contributed by atoms with Crippen molar-refractivity contribution in [2.75, 3.05) is 11.1 Å². The summed E-state index contributed by atoms with van der Waals surface area (Å²) in [7, 11) is 0. The summed E-state index contributed by atoms with van der Waals surface area (Å²) in [5.41, 5.74) is 5.70. The van der Waals surface area contributed by atoms with Crippen LogP contribution in [0.1, 0.15) is 0 Å². The topological polar surface area (TPSA) is 50.9 Å². The number of pyridine rings is 1. The highest BCUT2D eigenvalue weighted by Crippen LogP contribution is 2.25. The molecule has 0 radical (unpaired) electrons. The minimum absolute atomic E-state index is 0.210. The lowest BCUT2D eigenvalue weighted by molar-refractivity contribution is 0.581. The van der Waals surface area contributed by atoms with Crippen molar-refractivity contribution in [3.05, 3.63) is 45.3 Å². The number of nitrogen functional groups attached to an aromatic ring is 1. The predicted molar refractivity (Wildman–Crippen MR) is 71.0 cm³/mol. The molecule has 0 saturated heterocycles. The molecule has 0 aliphatic rings. The lowest BCUT2D eigenvalue weighted by Gasteiger charge is -2.09. The Labute approximate surface area is 114 Å². The van der Waals surface area contributed by atoms with Crippen LogP contribution in [0.25, 0.3) is 0 Å². The Hall–Kier alpha value is -1.51. The molecule has 0 spiro atoms. The van der Waals surface area contributed by atoms with Gasteiger partial charge in [0.1, 0.15) is 5.82 Å². The van der Waals surface area contributed by atoms with Gasteiger partial charge in [0.05, 0.1) is 5.69 Å². The number of hydrogen-bond donors (Lipinski definition) is 2. The Morgan fingerprint density at radius 3 is 2.50 bits per heavy atom. The molecule has 0 atom stereocenters. The van der Waals surface area contributed by atoms with Crippen molar-refractivity contribution < 1.29 is 13.2 Å². The first-order chi connectivity index (χ1) is 8.47. The van der Waals surface area contributed by atoms with Crippen LogP contribution in [-0.2, 0) is 0 Å². The third-order valence-corrected chi connectivity index (χ3v) is 3.03. The molecule has 1 aromatic carbocycles. The lowest BCUT2D eigenvalue weighted by Crippen LogP contribution is -2.04. The van der Waals surface area contributed by atoms with Crippen molar-refractivity contribution in [2.24, 2.45) is 0 Å². The molecule has 1 aromatic heterocycles. The highest BCUT2D eigenvalue weighted by atomic mass is 127. The van der Waals surface area contributed by atoms with E-state index < -0.39 is 23.3 Å². The zero-order chi connectivity index (χ0) is 13.3. The van der Waals surface area contributed by atoms with Crippen LogP contribution in [0.2, 0.25) is 0 Å². The van der Waals surface area contributed by atoms with E-state index in [0.717, 1.165) is 0 Å². The van der Waals surface area contributed by atoms with Crippen LogP contribution in [0, 0.1) is 21.0 Å². The molecule has 0 unspecified atom stereocenters. The first-order valence-corrected chi connectivity index (χ1v) is 5.89. The smallest absolute Gasteiger partial charge is 0.169 e. The van der Waals surface area contributed by atoms with Crippen molar-refractivity contribution in [2.45, 2.75) is 0 Å². The zero-order valence-corrected chi connectivity index (χ0v) is 11.0. The number of aromatic nitrogens is 1. The van der Waals surface area contributed by atoms with Gasteiger partial charge in [0.25, 0.3) is 0 Å². The molecule has 0 bridgehead atoms. The summed E-state index contributed by atoms with van der Waals surface area (Å²) in [6.45, 7) is 0. The van der Waals surface area contributed by atoms with Gasteiger partial charge in [-0.1, -0.05) is 0 Å². The van der Waals surface area contributed by atoms with Gasteiger partial charge in [0.2, 0.25) is 0 Å². The van der Waals surface area contributed by atoms with E-state index >= 15 is 0 Å². The fourth-order valence-corrected chi connectivity index (χ4v) is 1.90. The van der Waals surface area contributed by atoms with Crippen molar-refractivity contribution >= 4 is 39.9 Å². The molecule has 0 aliphatic heterocycles. The summed E-state index contributed by atoms with van der Waals surface area (Å²) in [6.07, 6.45) is 0. The highest BCUT2D eigenvalue weighted by Gasteiger charge is 2.11. The van der Waals surface area contributed by atoms with Crippen LogP contribution in [-0.4, -0.2) is 4.98 Å². The lowest BCUT2D eigenvalue weighted by atomic mass is 10.3. The highest BCUT2D eigenvalue weighted by molar-refractivity contribution is 14.1. The molecule has 2 rings (SSSR count). The van der Waals surface area contributed by atoms with Gasteiger partial charge >= 0.3 is 0 Å². The average molecular weight is 365 g/mol. The van der Waals surface area contributed by atoms with Gasteiger partial charge in [-0.2, -0.15) is 0 Å². The summed E-state index contributed by atoms with van der Waals surface area (Å²) >= 11 is 1.88. The van der Waals surface area contributed by atoms with Gasteiger partial charge in [-0.05, 0) is 40.8 Å². The second-order valence-corrected chi connectivity index (χ2v) is 4.60. The van der Waals surface area contributed by atoms with E-state index in [9.17, 15) is 13.2 Å². The predicted octanol–water partition coefficient (Wildman–Crippen LogP) is 3.43. The van der Waals surface area contributed by atoms with Gasteiger partial charge in [-0.15, -0.1) is 0 Å². The van der Waals surface area contributed by atoms with Crippen molar-refractivity contribution in [1.82, 2.24) is 4.98 Å². The van der Waals surface area contributed by atoms with Gasteiger partial charge in [-0.3, -0.25) is 0 Å². The quantitative estimate of drug-likeness (QED) is 0.802. The number of rotatable bonds is 2. The van der Waals surface area contributed by atoms with Gasteiger partial charge in [-0.25, -0.2) is 18.2 Å². The summed E-state index contributed by atoms with van der Waals surface area (Å²) in [5, 5.41) is 2.63. The minimum atomic E-state index is -0.924. The summed E-state index contributed by atoms with van der Waals surface area (Å²) < 4.78 is 39.8. The van der Waals surface area contributed by atoms with E-state index in [1.807, 2.05) is 22.6 Å². The first kappa shape index (κ1) is 12.9. The van der Waals surface area contributed by atoms with Gasteiger partial charge in [0.15, 0.2) is 23.3 Å². The second-order valence-electron chi connectivity index (χ2n) is 3.44. The number of nitrogens with two attached hydrogens (primary N) is 1. The molecule has 3 nitrogen and oxygen atoms in total. The molecule has 7 heteroatoms. The molecule has 94 valence electrons. The standard InChI is InChI=1S/C11H7F3IN3/c12-5-1-2-9(8(15)3-5)17-11-7(14)4-6(13)10(16)18-11/h1-4H,(H3,16,17,18). The minimum Gasteiger partial charge on any atom is -0.381 e. The molecule has 0 saturated carbocycles. The van der Waals surface area contributed by atoms with Crippen LogP contribution >= 0.6 is 22.6 Å². The zero-order valence-electron chi connectivity index (χ0n) is 8.85. The number of benzene rings is 1. The maximum absolute atomic E-state index is 13.4. The molecule has 0 aliphatic carbocycles. The third kappa shape index (κ3) is 2.66. The Morgan fingerprint density at radius 1 is 1.11 bits per heavy atom. The number of halogens is 4. The van der Waals surface area contributed by atoms with E-state index in [1.54, 1.807) is 0 Å². The normalized spacial score (nSPS) is 10.4. The molecule has 0 amide bonds. The third-order valence-electron chi connectivity index (χ3n) is 2.14. The number of nitrogens with zero attached hydrogens (tertiary/aromatic N) is 1. The Balaban J connectivity index is 2.37. The number of nitrogens with one attached hydrogen (secondary N) is 1. The van der Waals surface area contributed by atoms with Crippen LogP contribution in [0.15, 0.2) is 24.3 Å². The summed E-state index contributed by atoms with van der Waals surface area (Å²) in [6, 6.07) is 4.56. The SMILES string of the molecule is Nc1nc(Nc2ccc(F)cc2I)c(F)cc1F. The van der Waals surface area contributed by atoms with Gasteiger partial charge in [0, 0.05) is 9.64 Å². The van der Waals surface area contributed by atoms with E-state index in [1.165, 1.54) is 18.2 Å². The van der Waals surface area contributed by atoms with E-state index in [0.29, 0.717) is 15.3 Å². The Bertz CT molecular complexity index is 604. The molecular formula is C11H7F3IN3. The first-order valence-electron chi connectivity index (χ1n) is 4.81. The van der Waals surface area contributed by atoms with Gasteiger partial charge < -0.3 is 11.1 Å². The van der Waals surface area contributed by atoms with Crippen LogP contribution < -0.4 is 11.1 Å². The largest absolute Gasteiger partial charge is 0.381 e. The van der Waals surface area contributed by atoms with Crippen LogP contribution in [0.3, 0.4) is 0 Å². The molecular weight excluding hydrogens is 358 g/mol. The fourth-order valence-electron chi connectivity index (χ4n) is 1.29. The number of hydrogen-bond acceptors (Lipinski definition) is 3. The maximum atomic E-state index is 13.4. The van der Waals surface area contributed by atoms with Crippen molar-refractivity contribution in [3.63, 3.8) is 0 Å². The van der Waals surface area contributed by atoms with Crippen LogP contribution in [0.5, 0.6) is 0 Å². The molecule has 3 N–H and O–H groups in total. The monoisotopic (exact) mass is 365 g/mol. The van der Waals surface area contributed by atoms with Crippen LogP contribution in [0.4, 0.5) is 30.5 Å². The van der Waals surface area contributed by atoms with E-state index in [-0.39, 0.29) is 5.82 Å². The fraction of sp³-hybridized carbons (Fsp3) is 0. The molecule has 18 heavy (non-hydrogen) atoms. The molecule has 2 aromatic rings. The summed E-state index contributed by atoms with van der Waals surface area (Å²) in [5.74, 6) is -2.82. The number of anilines is 3. The van der Waals surface area contributed by atoms with E-state index in [2.05, 4.69) is 10.3 Å². The van der Waals surface area contributed by atoms with E-state index in [4.69, 9.17) is 5.73 Å².